The summed E-state index contributed by atoms with van der Waals surface area (Å²) >= 11 is 1.73. The first kappa shape index (κ1) is 16.2. The average Bonchev–Trinajstić information content (AvgIpc) is 3.08. The first-order chi connectivity index (χ1) is 10.1. The number of nitrogens with zero attached hydrogens (tertiary/aromatic N) is 4. The molecule has 1 unspecified atom stereocenters. The van der Waals surface area contributed by atoms with Gasteiger partial charge in [0.2, 0.25) is 0 Å². The Balaban J connectivity index is 1.85. The number of hydrogen-bond donors (Lipinski definition) is 1. The van der Waals surface area contributed by atoms with E-state index in [1.165, 1.54) is 24.3 Å². The highest BCUT2D eigenvalue weighted by atomic mass is 32.1. The van der Waals surface area contributed by atoms with E-state index in [4.69, 9.17) is 0 Å². The van der Waals surface area contributed by atoms with Crippen molar-refractivity contribution in [1.82, 2.24) is 20.1 Å². The number of guanidine groups is 1. The van der Waals surface area contributed by atoms with Crippen LogP contribution in [0.25, 0.3) is 0 Å². The van der Waals surface area contributed by atoms with Gasteiger partial charge in [0.15, 0.2) is 5.96 Å². The molecule has 0 spiro atoms. The Hall–Kier alpha value is -1.14. The van der Waals surface area contributed by atoms with Crippen LogP contribution in [0.1, 0.15) is 29.7 Å². The van der Waals surface area contributed by atoms with Crippen LogP contribution in [0.2, 0.25) is 0 Å². The third-order valence-corrected chi connectivity index (χ3v) is 4.94. The minimum absolute atomic E-state index is 0.653. The van der Waals surface area contributed by atoms with Crippen molar-refractivity contribution in [1.29, 1.82) is 0 Å². The number of aryl methyl sites for hydroxylation is 1. The molecule has 1 saturated heterocycles. The fraction of sp³-hybridized carbons (Fsp3) is 0.733. The molecule has 2 rings (SSSR count). The Morgan fingerprint density at radius 3 is 3.05 bits per heavy atom. The number of hydrogen-bond acceptors (Lipinski definition) is 4. The molecule has 1 aliphatic heterocycles. The quantitative estimate of drug-likeness (QED) is 0.667. The summed E-state index contributed by atoms with van der Waals surface area (Å²) in [6.07, 6.45) is 4.53. The molecule has 1 N–H and O–H groups in total. The Morgan fingerprint density at radius 1 is 1.62 bits per heavy atom. The van der Waals surface area contributed by atoms with E-state index in [0.717, 1.165) is 30.6 Å². The molecule has 0 amide bonds. The molecule has 1 aromatic heterocycles. The fourth-order valence-electron chi connectivity index (χ4n) is 2.94. The van der Waals surface area contributed by atoms with Crippen LogP contribution in [0.5, 0.6) is 0 Å². The lowest BCUT2D eigenvalue weighted by molar-refractivity contribution is 0.232. The molecular formula is C15H27N5S. The molecule has 0 bridgehead atoms. The molecule has 1 aliphatic rings. The Morgan fingerprint density at radius 2 is 2.43 bits per heavy atom. The van der Waals surface area contributed by atoms with Crippen LogP contribution in [0.3, 0.4) is 0 Å². The second-order valence-electron chi connectivity index (χ2n) is 5.57. The Labute approximate surface area is 132 Å². The van der Waals surface area contributed by atoms with Crippen LogP contribution < -0.4 is 5.32 Å². The number of nitrogens with one attached hydrogen (secondary N) is 1. The summed E-state index contributed by atoms with van der Waals surface area (Å²) in [5, 5.41) is 4.52. The van der Waals surface area contributed by atoms with E-state index >= 15 is 0 Å². The monoisotopic (exact) mass is 309 g/mol. The SMILES string of the molecule is CCN1CCCC1CN(C)C(=NC)NCc1ncc(C)s1. The molecular weight excluding hydrogens is 282 g/mol. The van der Waals surface area contributed by atoms with E-state index in [9.17, 15) is 0 Å². The van der Waals surface area contributed by atoms with Crippen molar-refractivity contribution >= 4 is 17.3 Å². The maximum absolute atomic E-state index is 4.39. The van der Waals surface area contributed by atoms with E-state index in [-0.39, 0.29) is 0 Å². The predicted molar refractivity (Wildman–Crippen MR) is 89.9 cm³/mol. The van der Waals surface area contributed by atoms with Crippen molar-refractivity contribution in [3.63, 3.8) is 0 Å². The van der Waals surface area contributed by atoms with Crippen molar-refractivity contribution in [3.8, 4) is 0 Å². The summed E-state index contributed by atoms with van der Waals surface area (Å²) in [7, 11) is 3.97. The van der Waals surface area contributed by atoms with Gasteiger partial charge in [-0.1, -0.05) is 6.92 Å². The second kappa shape index (κ2) is 7.75. The molecule has 1 aromatic rings. The largest absolute Gasteiger partial charge is 0.350 e. The molecule has 5 nitrogen and oxygen atoms in total. The number of aliphatic imine (C=N–C) groups is 1. The highest BCUT2D eigenvalue weighted by Gasteiger charge is 2.24. The standard InChI is InChI=1S/C15H27N5S/c1-5-20-8-6-7-13(20)11-19(4)15(16-3)18-10-14-17-9-12(2)21-14/h9,13H,5-8,10-11H2,1-4H3,(H,16,18). The van der Waals surface area contributed by atoms with E-state index in [1.807, 2.05) is 13.2 Å². The van der Waals surface area contributed by atoms with Crippen molar-refractivity contribution < 1.29 is 0 Å². The summed E-state index contributed by atoms with van der Waals surface area (Å²) in [5.74, 6) is 0.950. The van der Waals surface area contributed by atoms with E-state index in [2.05, 4.69) is 46.0 Å². The van der Waals surface area contributed by atoms with E-state index in [0.29, 0.717) is 6.04 Å². The summed E-state index contributed by atoms with van der Waals surface area (Å²) in [4.78, 5) is 14.8. The summed E-state index contributed by atoms with van der Waals surface area (Å²) in [6, 6.07) is 0.653. The molecule has 6 heteroatoms. The van der Waals surface area contributed by atoms with Crippen LogP contribution in [0.15, 0.2) is 11.2 Å². The van der Waals surface area contributed by atoms with Gasteiger partial charge < -0.3 is 10.2 Å². The smallest absolute Gasteiger partial charge is 0.193 e. The Bertz CT molecular complexity index is 470. The van der Waals surface area contributed by atoms with E-state index < -0.39 is 0 Å². The molecule has 118 valence electrons. The third kappa shape index (κ3) is 4.41. The fourth-order valence-corrected chi connectivity index (χ4v) is 3.67. The molecule has 0 aliphatic carbocycles. The number of aromatic nitrogens is 1. The highest BCUT2D eigenvalue weighted by Crippen LogP contribution is 2.17. The zero-order valence-electron chi connectivity index (χ0n) is 13.6. The lowest BCUT2D eigenvalue weighted by atomic mass is 10.2. The lowest BCUT2D eigenvalue weighted by Gasteiger charge is -2.29. The molecule has 1 atom stereocenters. The number of likely N-dealkylation sites (tertiary alicyclic amines) is 1. The summed E-state index contributed by atoms with van der Waals surface area (Å²) in [6.45, 7) is 8.49. The van der Waals surface area contributed by atoms with Crippen LogP contribution in [0.4, 0.5) is 0 Å². The molecule has 21 heavy (non-hydrogen) atoms. The van der Waals surface area contributed by atoms with E-state index in [1.54, 1.807) is 11.3 Å². The summed E-state index contributed by atoms with van der Waals surface area (Å²) in [5.41, 5.74) is 0. The normalized spacial score (nSPS) is 20.0. The third-order valence-electron chi connectivity index (χ3n) is 4.03. The van der Waals surface area contributed by atoms with Gasteiger partial charge in [-0.25, -0.2) is 4.98 Å². The minimum Gasteiger partial charge on any atom is -0.350 e. The second-order valence-corrected chi connectivity index (χ2v) is 6.89. The Kier molecular flexibility index (Phi) is 5.99. The van der Waals surface area contributed by atoms with Gasteiger partial charge in [-0.15, -0.1) is 11.3 Å². The first-order valence-corrected chi connectivity index (χ1v) is 8.52. The highest BCUT2D eigenvalue weighted by molar-refractivity contribution is 7.11. The van der Waals surface area contributed by atoms with Crippen molar-refractivity contribution in [3.05, 3.63) is 16.1 Å². The minimum atomic E-state index is 0.653. The number of likely N-dealkylation sites (N-methyl/N-ethyl adjacent to an activating group) is 2. The van der Waals surface area contributed by atoms with Crippen LogP contribution in [-0.2, 0) is 6.54 Å². The van der Waals surface area contributed by atoms with Gasteiger partial charge >= 0.3 is 0 Å². The number of rotatable bonds is 5. The van der Waals surface area contributed by atoms with Crippen molar-refractivity contribution in [2.24, 2.45) is 4.99 Å². The van der Waals surface area contributed by atoms with Gasteiger partial charge in [0, 0.05) is 37.8 Å². The van der Waals surface area contributed by atoms with Gasteiger partial charge in [0.05, 0.1) is 6.54 Å². The van der Waals surface area contributed by atoms with Crippen LogP contribution in [-0.4, -0.2) is 60.5 Å². The first-order valence-electron chi connectivity index (χ1n) is 7.71. The zero-order chi connectivity index (χ0) is 15.2. The maximum atomic E-state index is 4.39. The van der Waals surface area contributed by atoms with Gasteiger partial charge in [0.25, 0.3) is 0 Å². The van der Waals surface area contributed by atoms with Gasteiger partial charge in [-0.2, -0.15) is 0 Å². The predicted octanol–water partition coefficient (Wildman–Crippen LogP) is 1.94. The van der Waals surface area contributed by atoms with Crippen LogP contribution >= 0.6 is 11.3 Å². The van der Waals surface area contributed by atoms with Crippen LogP contribution in [0, 0.1) is 6.92 Å². The maximum Gasteiger partial charge on any atom is 0.193 e. The number of thiazole rings is 1. The van der Waals surface area contributed by atoms with Gasteiger partial charge in [-0.05, 0) is 32.9 Å². The van der Waals surface area contributed by atoms with Gasteiger partial charge in [-0.3, -0.25) is 9.89 Å². The zero-order valence-corrected chi connectivity index (χ0v) is 14.4. The summed E-state index contributed by atoms with van der Waals surface area (Å²) < 4.78 is 0. The molecule has 1 fully saturated rings. The average molecular weight is 309 g/mol. The molecule has 0 radical (unpaired) electrons. The molecule has 0 saturated carbocycles. The topological polar surface area (TPSA) is 43.8 Å². The van der Waals surface area contributed by atoms with Gasteiger partial charge in [0.1, 0.15) is 5.01 Å². The van der Waals surface area contributed by atoms with Crippen molar-refractivity contribution in [2.75, 3.05) is 33.7 Å². The molecule has 0 aromatic carbocycles. The molecule has 2 heterocycles. The lowest BCUT2D eigenvalue weighted by Crippen LogP contribution is -2.45. The van der Waals surface area contributed by atoms with Crippen molar-refractivity contribution in [2.45, 2.75) is 39.3 Å².